The number of ether oxygens (including phenoxy) is 1. The highest BCUT2D eigenvalue weighted by molar-refractivity contribution is 5.42. The zero-order valence-corrected chi connectivity index (χ0v) is 12.1. The number of nitrogens with one attached hydrogen (secondary N) is 1. The average Bonchev–Trinajstić information content (AvgIpc) is 2.46. The molecule has 2 nitrogen and oxygen atoms in total. The van der Waals surface area contributed by atoms with Gasteiger partial charge in [-0.1, -0.05) is 36.4 Å². The van der Waals surface area contributed by atoms with Crippen molar-refractivity contribution in [2.45, 2.75) is 32.4 Å². The van der Waals surface area contributed by atoms with Crippen molar-refractivity contribution >= 4 is 0 Å². The monoisotopic (exact) mass is 267 g/mol. The van der Waals surface area contributed by atoms with Crippen LogP contribution in [0.25, 0.3) is 0 Å². The van der Waals surface area contributed by atoms with Crippen molar-refractivity contribution in [2.75, 3.05) is 6.54 Å². The molecule has 1 aliphatic rings. The molecular weight excluding hydrogens is 246 g/mol. The van der Waals surface area contributed by atoms with Gasteiger partial charge in [-0.2, -0.15) is 0 Å². The number of fused-ring (bicyclic) bond motifs is 1. The molecule has 0 amide bonds. The van der Waals surface area contributed by atoms with Crippen LogP contribution in [0.4, 0.5) is 0 Å². The van der Waals surface area contributed by atoms with E-state index in [1.54, 1.807) is 0 Å². The standard InChI is InChI=1S/C18H21NO/c1-13(2)20-16-8-5-7-14(10-16)18-12-19-11-15-6-3-4-9-17(15)18/h3-10,13,18-19H,11-12H2,1-2H3. The van der Waals surface area contributed by atoms with Gasteiger partial charge in [0.15, 0.2) is 0 Å². The number of hydrogen-bond acceptors (Lipinski definition) is 2. The first-order valence-electron chi connectivity index (χ1n) is 7.29. The molecule has 20 heavy (non-hydrogen) atoms. The second kappa shape index (κ2) is 5.68. The lowest BCUT2D eigenvalue weighted by Crippen LogP contribution is -2.28. The first kappa shape index (κ1) is 13.2. The van der Waals surface area contributed by atoms with Gasteiger partial charge < -0.3 is 10.1 Å². The molecule has 0 spiro atoms. The van der Waals surface area contributed by atoms with Gasteiger partial charge in [-0.15, -0.1) is 0 Å². The Kier molecular flexibility index (Phi) is 3.75. The summed E-state index contributed by atoms with van der Waals surface area (Å²) in [5.74, 6) is 1.37. The van der Waals surface area contributed by atoms with Crippen LogP contribution in [0.3, 0.4) is 0 Å². The summed E-state index contributed by atoms with van der Waals surface area (Å²) in [5.41, 5.74) is 4.16. The molecule has 1 N–H and O–H groups in total. The normalized spacial score (nSPS) is 17.9. The van der Waals surface area contributed by atoms with Gasteiger partial charge in [0.1, 0.15) is 5.75 Å². The Balaban J connectivity index is 1.94. The number of benzene rings is 2. The fourth-order valence-electron chi connectivity index (χ4n) is 2.87. The van der Waals surface area contributed by atoms with Gasteiger partial charge in [0.25, 0.3) is 0 Å². The molecule has 2 aromatic rings. The highest BCUT2D eigenvalue weighted by Gasteiger charge is 2.21. The predicted molar refractivity (Wildman–Crippen MR) is 82.2 cm³/mol. The summed E-state index contributed by atoms with van der Waals surface area (Å²) in [6, 6.07) is 17.2. The van der Waals surface area contributed by atoms with E-state index in [0.717, 1.165) is 18.8 Å². The number of rotatable bonds is 3. The van der Waals surface area contributed by atoms with Crippen LogP contribution >= 0.6 is 0 Å². The van der Waals surface area contributed by atoms with Gasteiger partial charge in [-0.05, 0) is 42.7 Å². The first-order valence-corrected chi connectivity index (χ1v) is 7.29. The second-order valence-electron chi connectivity index (χ2n) is 5.62. The lowest BCUT2D eigenvalue weighted by atomic mass is 9.85. The molecule has 2 heteroatoms. The summed E-state index contributed by atoms with van der Waals surface area (Å²) >= 11 is 0. The lowest BCUT2D eigenvalue weighted by molar-refractivity contribution is 0.242. The van der Waals surface area contributed by atoms with E-state index >= 15 is 0 Å². The summed E-state index contributed by atoms with van der Waals surface area (Å²) in [7, 11) is 0. The Bertz CT molecular complexity index is 591. The van der Waals surface area contributed by atoms with Crippen molar-refractivity contribution in [3.8, 4) is 5.75 Å². The first-order chi connectivity index (χ1) is 9.74. The fraction of sp³-hybridized carbons (Fsp3) is 0.333. The maximum atomic E-state index is 5.81. The van der Waals surface area contributed by atoms with Crippen LogP contribution in [0.1, 0.15) is 36.5 Å². The zero-order chi connectivity index (χ0) is 13.9. The SMILES string of the molecule is CC(C)Oc1cccc(C2CNCc3ccccc32)c1. The molecule has 2 aromatic carbocycles. The molecule has 104 valence electrons. The number of hydrogen-bond donors (Lipinski definition) is 1. The van der Waals surface area contributed by atoms with E-state index in [0.29, 0.717) is 5.92 Å². The molecular formula is C18H21NO. The molecule has 0 aromatic heterocycles. The molecule has 1 aliphatic heterocycles. The van der Waals surface area contributed by atoms with Crippen LogP contribution in [0, 0.1) is 0 Å². The van der Waals surface area contributed by atoms with Gasteiger partial charge >= 0.3 is 0 Å². The average molecular weight is 267 g/mol. The van der Waals surface area contributed by atoms with Crippen molar-refractivity contribution in [1.82, 2.24) is 5.32 Å². The van der Waals surface area contributed by atoms with Crippen LogP contribution < -0.4 is 10.1 Å². The van der Waals surface area contributed by atoms with Crippen molar-refractivity contribution in [3.63, 3.8) is 0 Å². The molecule has 1 heterocycles. The van der Waals surface area contributed by atoms with E-state index in [1.807, 2.05) is 6.07 Å². The lowest BCUT2D eigenvalue weighted by Gasteiger charge is -2.27. The van der Waals surface area contributed by atoms with Crippen molar-refractivity contribution in [2.24, 2.45) is 0 Å². The molecule has 0 saturated heterocycles. The molecule has 0 bridgehead atoms. The molecule has 0 fully saturated rings. The van der Waals surface area contributed by atoms with Gasteiger partial charge in [0, 0.05) is 19.0 Å². The van der Waals surface area contributed by atoms with E-state index in [2.05, 4.69) is 61.6 Å². The maximum Gasteiger partial charge on any atom is 0.119 e. The Morgan fingerprint density at radius 1 is 1.10 bits per heavy atom. The van der Waals surface area contributed by atoms with Gasteiger partial charge in [-0.25, -0.2) is 0 Å². The van der Waals surface area contributed by atoms with Crippen molar-refractivity contribution in [1.29, 1.82) is 0 Å². The highest BCUT2D eigenvalue weighted by Crippen LogP contribution is 2.31. The Morgan fingerprint density at radius 2 is 1.95 bits per heavy atom. The fourth-order valence-corrected chi connectivity index (χ4v) is 2.87. The summed E-state index contributed by atoms with van der Waals surface area (Å²) in [6.07, 6.45) is 0.210. The van der Waals surface area contributed by atoms with Gasteiger partial charge in [0.2, 0.25) is 0 Å². The smallest absolute Gasteiger partial charge is 0.119 e. The minimum Gasteiger partial charge on any atom is -0.491 e. The molecule has 0 saturated carbocycles. The quantitative estimate of drug-likeness (QED) is 0.915. The van der Waals surface area contributed by atoms with Crippen LogP contribution in [0.5, 0.6) is 5.75 Å². The van der Waals surface area contributed by atoms with E-state index in [4.69, 9.17) is 4.74 Å². The van der Waals surface area contributed by atoms with Gasteiger partial charge in [0.05, 0.1) is 6.10 Å². The van der Waals surface area contributed by atoms with Crippen molar-refractivity contribution < 1.29 is 4.74 Å². The van der Waals surface area contributed by atoms with Crippen LogP contribution in [-0.4, -0.2) is 12.6 Å². The van der Waals surface area contributed by atoms with Gasteiger partial charge in [-0.3, -0.25) is 0 Å². The van der Waals surface area contributed by atoms with E-state index in [-0.39, 0.29) is 6.10 Å². The Hall–Kier alpha value is -1.80. The largest absolute Gasteiger partial charge is 0.491 e. The molecule has 1 atom stereocenters. The van der Waals surface area contributed by atoms with Crippen LogP contribution in [0.2, 0.25) is 0 Å². The maximum absolute atomic E-state index is 5.81. The van der Waals surface area contributed by atoms with Crippen LogP contribution in [0.15, 0.2) is 48.5 Å². The van der Waals surface area contributed by atoms with E-state index < -0.39 is 0 Å². The third-order valence-corrected chi connectivity index (χ3v) is 3.73. The minimum absolute atomic E-state index is 0.210. The van der Waals surface area contributed by atoms with Crippen LogP contribution in [-0.2, 0) is 6.54 Å². The minimum atomic E-state index is 0.210. The Labute approximate surface area is 120 Å². The summed E-state index contributed by atoms with van der Waals surface area (Å²) < 4.78 is 5.81. The molecule has 0 aliphatic carbocycles. The summed E-state index contributed by atoms with van der Waals surface area (Å²) in [4.78, 5) is 0. The summed E-state index contributed by atoms with van der Waals surface area (Å²) in [5, 5.41) is 3.51. The zero-order valence-electron chi connectivity index (χ0n) is 12.1. The predicted octanol–water partition coefficient (Wildman–Crippen LogP) is 3.71. The molecule has 3 rings (SSSR count). The van der Waals surface area contributed by atoms with Crippen molar-refractivity contribution in [3.05, 3.63) is 65.2 Å². The topological polar surface area (TPSA) is 21.3 Å². The summed E-state index contributed by atoms with van der Waals surface area (Å²) in [6.45, 7) is 6.07. The third-order valence-electron chi connectivity index (χ3n) is 3.73. The molecule has 0 radical (unpaired) electrons. The highest BCUT2D eigenvalue weighted by atomic mass is 16.5. The van der Waals surface area contributed by atoms with E-state index in [9.17, 15) is 0 Å². The molecule has 1 unspecified atom stereocenters. The third kappa shape index (κ3) is 2.70. The Morgan fingerprint density at radius 3 is 2.80 bits per heavy atom. The van der Waals surface area contributed by atoms with E-state index in [1.165, 1.54) is 16.7 Å². The second-order valence-corrected chi connectivity index (χ2v) is 5.62.